The molecular formula is C16H19N3O2. The summed E-state index contributed by atoms with van der Waals surface area (Å²) in [5.74, 6) is 0.440. The lowest BCUT2D eigenvalue weighted by Gasteiger charge is -2.43. The number of aromatic nitrogens is 1. The van der Waals surface area contributed by atoms with Gasteiger partial charge >= 0.3 is 0 Å². The van der Waals surface area contributed by atoms with Gasteiger partial charge in [0.25, 0.3) is 5.91 Å². The van der Waals surface area contributed by atoms with Crippen LogP contribution in [0.15, 0.2) is 12.1 Å². The van der Waals surface area contributed by atoms with E-state index in [1.807, 2.05) is 4.90 Å². The van der Waals surface area contributed by atoms with Crippen LogP contribution in [-0.4, -0.2) is 41.6 Å². The second kappa shape index (κ2) is 5.82. The topological polar surface area (TPSA) is 66.2 Å². The zero-order chi connectivity index (χ0) is 14.8. The van der Waals surface area contributed by atoms with Gasteiger partial charge in [-0.05, 0) is 38.3 Å². The first-order valence-corrected chi connectivity index (χ1v) is 7.47. The maximum absolute atomic E-state index is 12.7. The molecule has 0 aliphatic carbocycles. The zero-order valence-corrected chi connectivity index (χ0v) is 12.2. The van der Waals surface area contributed by atoms with E-state index in [2.05, 4.69) is 11.1 Å². The van der Waals surface area contributed by atoms with Crippen molar-refractivity contribution < 1.29 is 9.53 Å². The summed E-state index contributed by atoms with van der Waals surface area (Å²) in [6.07, 6.45) is 3.06. The molecule has 2 aliphatic rings. The molecule has 0 spiro atoms. The number of fused-ring (bicyclic) bond motifs is 1. The Morgan fingerprint density at radius 3 is 3.10 bits per heavy atom. The predicted molar refractivity (Wildman–Crippen MR) is 76.7 cm³/mol. The molecule has 5 heteroatoms. The number of pyridine rings is 1. The normalized spacial score (nSPS) is 25.0. The van der Waals surface area contributed by atoms with Crippen molar-refractivity contribution in [2.24, 2.45) is 5.92 Å². The molecule has 1 aromatic rings. The van der Waals surface area contributed by atoms with Crippen molar-refractivity contribution in [3.63, 3.8) is 0 Å². The summed E-state index contributed by atoms with van der Waals surface area (Å²) in [7, 11) is 0. The van der Waals surface area contributed by atoms with E-state index in [-0.39, 0.29) is 11.9 Å². The zero-order valence-electron chi connectivity index (χ0n) is 12.2. The Morgan fingerprint density at radius 1 is 1.48 bits per heavy atom. The Kier molecular flexibility index (Phi) is 3.89. The Balaban J connectivity index is 1.83. The van der Waals surface area contributed by atoms with Crippen LogP contribution in [0.1, 0.15) is 41.0 Å². The molecule has 110 valence electrons. The van der Waals surface area contributed by atoms with Gasteiger partial charge in [-0.25, -0.2) is 4.98 Å². The van der Waals surface area contributed by atoms with Gasteiger partial charge in [0.1, 0.15) is 11.8 Å². The molecule has 0 bridgehead atoms. The van der Waals surface area contributed by atoms with E-state index >= 15 is 0 Å². The smallest absolute Gasteiger partial charge is 0.272 e. The predicted octanol–water partition coefficient (Wildman–Crippen LogP) is 1.90. The van der Waals surface area contributed by atoms with Crippen LogP contribution in [-0.2, 0) is 4.74 Å². The van der Waals surface area contributed by atoms with Gasteiger partial charge in [-0.1, -0.05) is 0 Å². The third-order valence-corrected chi connectivity index (χ3v) is 4.49. The molecule has 0 aromatic carbocycles. The number of amides is 1. The highest BCUT2D eigenvalue weighted by Crippen LogP contribution is 2.30. The summed E-state index contributed by atoms with van der Waals surface area (Å²) in [6.45, 7) is 4.04. The Morgan fingerprint density at radius 2 is 2.33 bits per heavy atom. The van der Waals surface area contributed by atoms with Gasteiger partial charge in [0, 0.05) is 25.1 Å². The number of carbonyl (C=O) groups excluding carboxylic acids is 1. The lowest BCUT2D eigenvalue weighted by molar-refractivity contribution is -0.0273. The second-order valence-corrected chi connectivity index (χ2v) is 5.77. The van der Waals surface area contributed by atoms with Gasteiger partial charge in [-0.3, -0.25) is 4.79 Å². The minimum Gasteiger partial charge on any atom is -0.381 e. The monoisotopic (exact) mass is 285 g/mol. The molecule has 2 atom stereocenters. The summed E-state index contributed by atoms with van der Waals surface area (Å²) in [4.78, 5) is 19.0. The highest BCUT2D eigenvalue weighted by molar-refractivity contribution is 5.92. The number of rotatable bonds is 1. The molecule has 1 amide bonds. The first kappa shape index (κ1) is 14.0. The molecule has 0 saturated carbocycles. The first-order chi connectivity index (χ1) is 10.2. The van der Waals surface area contributed by atoms with Crippen molar-refractivity contribution in [3.8, 4) is 6.07 Å². The molecule has 0 radical (unpaired) electrons. The van der Waals surface area contributed by atoms with Crippen molar-refractivity contribution in [1.29, 1.82) is 5.26 Å². The molecule has 3 heterocycles. The minimum absolute atomic E-state index is 0.0146. The van der Waals surface area contributed by atoms with Crippen molar-refractivity contribution in [3.05, 3.63) is 29.1 Å². The molecule has 3 rings (SSSR count). The van der Waals surface area contributed by atoms with Gasteiger partial charge in [0.2, 0.25) is 0 Å². The SMILES string of the molecule is Cc1nc(C(=O)N2CCCC3COCCC32)ccc1C#N. The highest BCUT2D eigenvalue weighted by atomic mass is 16.5. The van der Waals surface area contributed by atoms with Gasteiger partial charge in [0.15, 0.2) is 0 Å². The van der Waals surface area contributed by atoms with E-state index < -0.39 is 0 Å². The lowest BCUT2D eigenvalue weighted by Crippen LogP contribution is -2.52. The average molecular weight is 285 g/mol. The number of nitriles is 1. The van der Waals surface area contributed by atoms with Gasteiger partial charge in [-0.15, -0.1) is 0 Å². The van der Waals surface area contributed by atoms with E-state index in [4.69, 9.17) is 10.00 Å². The number of carbonyl (C=O) groups is 1. The summed E-state index contributed by atoms with van der Waals surface area (Å²) < 4.78 is 5.53. The molecule has 5 nitrogen and oxygen atoms in total. The highest BCUT2D eigenvalue weighted by Gasteiger charge is 2.37. The number of ether oxygens (including phenoxy) is 1. The second-order valence-electron chi connectivity index (χ2n) is 5.77. The minimum atomic E-state index is -0.0146. The third kappa shape index (κ3) is 2.64. The number of hydrogen-bond donors (Lipinski definition) is 0. The van der Waals surface area contributed by atoms with Crippen LogP contribution in [0.5, 0.6) is 0 Å². The van der Waals surface area contributed by atoms with E-state index in [1.54, 1.807) is 19.1 Å². The summed E-state index contributed by atoms with van der Waals surface area (Å²) in [5.41, 5.74) is 1.58. The third-order valence-electron chi connectivity index (χ3n) is 4.49. The van der Waals surface area contributed by atoms with Crippen LogP contribution in [0.2, 0.25) is 0 Å². The van der Waals surface area contributed by atoms with Crippen molar-refractivity contribution in [2.45, 2.75) is 32.2 Å². The van der Waals surface area contributed by atoms with E-state index in [0.717, 1.165) is 39.0 Å². The maximum atomic E-state index is 12.7. The molecule has 21 heavy (non-hydrogen) atoms. The molecule has 2 saturated heterocycles. The van der Waals surface area contributed by atoms with Crippen LogP contribution in [0.3, 0.4) is 0 Å². The molecule has 1 aromatic heterocycles. The van der Waals surface area contributed by atoms with Crippen LogP contribution in [0.25, 0.3) is 0 Å². The van der Waals surface area contributed by atoms with Crippen LogP contribution in [0.4, 0.5) is 0 Å². The fourth-order valence-electron chi connectivity index (χ4n) is 3.36. The van der Waals surface area contributed by atoms with Crippen molar-refractivity contribution in [2.75, 3.05) is 19.8 Å². The first-order valence-electron chi connectivity index (χ1n) is 7.47. The summed E-state index contributed by atoms with van der Waals surface area (Å²) in [6, 6.07) is 5.70. The quantitative estimate of drug-likeness (QED) is 0.790. The maximum Gasteiger partial charge on any atom is 0.272 e. The lowest BCUT2D eigenvalue weighted by atomic mass is 9.86. The molecule has 2 aliphatic heterocycles. The van der Waals surface area contributed by atoms with Crippen LogP contribution < -0.4 is 0 Å². The van der Waals surface area contributed by atoms with Gasteiger partial charge < -0.3 is 9.64 Å². The average Bonchev–Trinajstić information content (AvgIpc) is 2.53. The van der Waals surface area contributed by atoms with Crippen LogP contribution in [0, 0.1) is 24.2 Å². The van der Waals surface area contributed by atoms with Gasteiger partial charge in [-0.2, -0.15) is 5.26 Å². The number of hydrogen-bond acceptors (Lipinski definition) is 4. The summed E-state index contributed by atoms with van der Waals surface area (Å²) in [5, 5.41) is 8.95. The molecule has 2 fully saturated rings. The molecule has 2 unspecified atom stereocenters. The van der Waals surface area contributed by atoms with Crippen molar-refractivity contribution >= 4 is 5.91 Å². The van der Waals surface area contributed by atoms with E-state index in [9.17, 15) is 4.79 Å². The molecular weight excluding hydrogens is 266 g/mol. The number of likely N-dealkylation sites (tertiary alicyclic amines) is 1. The van der Waals surface area contributed by atoms with Crippen molar-refractivity contribution in [1.82, 2.24) is 9.88 Å². The van der Waals surface area contributed by atoms with E-state index in [1.165, 1.54) is 0 Å². The number of aryl methyl sites for hydroxylation is 1. The number of nitrogens with zero attached hydrogens (tertiary/aromatic N) is 3. The fourth-order valence-corrected chi connectivity index (χ4v) is 3.36. The number of piperidine rings is 1. The largest absolute Gasteiger partial charge is 0.381 e. The Labute approximate surface area is 124 Å². The standard InChI is InChI=1S/C16H19N3O2/c1-11-12(9-17)4-5-14(18-11)16(20)19-7-2-3-13-10-21-8-6-15(13)19/h4-5,13,15H,2-3,6-8,10H2,1H3. The Bertz CT molecular complexity index is 592. The Hall–Kier alpha value is -1.93. The van der Waals surface area contributed by atoms with Gasteiger partial charge in [0.05, 0.1) is 17.9 Å². The fraction of sp³-hybridized carbons (Fsp3) is 0.562. The van der Waals surface area contributed by atoms with E-state index in [0.29, 0.717) is 22.9 Å². The summed E-state index contributed by atoms with van der Waals surface area (Å²) >= 11 is 0. The molecule has 0 N–H and O–H groups in total. The van der Waals surface area contributed by atoms with Crippen LogP contribution >= 0.6 is 0 Å².